The molecule has 0 fully saturated rings. The Balaban J connectivity index is 1.58. The van der Waals surface area contributed by atoms with Gasteiger partial charge in [0.15, 0.2) is 0 Å². The number of rotatable bonds is 8. The molecule has 4 rings (SSSR count). The standard InChI is InChI=1S/C22H22ClN5O/c1-29-19-8-6-18(7-9-19)28-14-16(12-24-11-10-17-13-25-15-26-17)22(27-28)20-4-2-3-5-21(20)23/h2-9,13-15,24H,10-12H2,1H3,(H,25,26). The fraction of sp³-hybridized carbons (Fsp3) is 0.182. The number of hydrogen-bond acceptors (Lipinski definition) is 4. The van der Waals surface area contributed by atoms with E-state index in [-0.39, 0.29) is 0 Å². The average molecular weight is 408 g/mol. The highest BCUT2D eigenvalue weighted by Gasteiger charge is 2.14. The molecular formula is C22H22ClN5O. The number of methoxy groups -OCH3 is 1. The van der Waals surface area contributed by atoms with Gasteiger partial charge in [0.2, 0.25) is 0 Å². The van der Waals surface area contributed by atoms with Gasteiger partial charge in [0.05, 0.1) is 29.8 Å². The molecule has 0 saturated heterocycles. The predicted molar refractivity (Wildman–Crippen MR) is 115 cm³/mol. The molecule has 0 bridgehead atoms. The molecular weight excluding hydrogens is 386 g/mol. The highest BCUT2D eigenvalue weighted by Crippen LogP contribution is 2.30. The molecule has 0 saturated carbocycles. The van der Waals surface area contributed by atoms with Crippen molar-refractivity contribution in [3.63, 3.8) is 0 Å². The first-order valence-corrected chi connectivity index (χ1v) is 9.78. The summed E-state index contributed by atoms with van der Waals surface area (Å²) < 4.78 is 7.13. The minimum Gasteiger partial charge on any atom is -0.497 e. The van der Waals surface area contributed by atoms with E-state index in [2.05, 4.69) is 15.3 Å². The van der Waals surface area contributed by atoms with Crippen molar-refractivity contribution >= 4 is 11.6 Å². The van der Waals surface area contributed by atoms with E-state index < -0.39 is 0 Å². The van der Waals surface area contributed by atoms with Crippen molar-refractivity contribution in [2.45, 2.75) is 13.0 Å². The van der Waals surface area contributed by atoms with Gasteiger partial charge >= 0.3 is 0 Å². The SMILES string of the molecule is COc1ccc(-n2cc(CNCCc3cnc[nH]3)c(-c3ccccc3Cl)n2)cc1. The summed E-state index contributed by atoms with van der Waals surface area (Å²) in [7, 11) is 1.66. The molecule has 4 aromatic rings. The van der Waals surface area contributed by atoms with Gasteiger partial charge in [0.1, 0.15) is 5.75 Å². The maximum absolute atomic E-state index is 6.46. The van der Waals surface area contributed by atoms with Crippen LogP contribution in [0, 0.1) is 0 Å². The normalized spacial score (nSPS) is 11.0. The van der Waals surface area contributed by atoms with Crippen molar-refractivity contribution in [3.05, 3.63) is 83.5 Å². The summed E-state index contributed by atoms with van der Waals surface area (Å²) in [6.45, 7) is 1.52. The molecule has 0 aliphatic carbocycles. The summed E-state index contributed by atoms with van der Waals surface area (Å²) in [4.78, 5) is 7.17. The number of ether oxygens (including phenoxy) is 1. The smallest absolute Gasteiger partial charge is 0.119 e. The molecule has 148 valence electrons. The Morgan fingerprint density at radius 3 is 2.69 bits per heavy atom. The lowest BCUT2D eigenvalue weighted by molar-refractivity contribution is 0.414. The average Bonchev–Trinajstić information content (AvgIpc) is 3.42. The van der Waals surface area contributed by atoms with E-state index in [0.29, 0.717) is 11.6 Å². The van der Waals surface area contributed by atoms with Crippen LogP contribution >= 0.6 is 11.6 Å². The van der Waals surface area contributed by atoms with Crippen molar-refractivity contribution in [3.8, 4) is 22.7 Å². The third-order valence-electron chi connectivity index (χ3n) is 4.70. The fourth-order valence-electron chi connectivity index (χ4n) is 3.15. The number of nitrogens with zero attached hydrogens (tertiary/aromatic N) is 3. The van der Waals surface area contributed by atoms with Gasteiger partial charge in [-0.15, -0.1) is 0 Å². The number of imidazole rings is 1. The van der Waals surface area contributed by atoms with Gasteiger partial charge in [-0.2, -0.15) is 5.10 Å². The summed E-state index contributed by atoms with van der Waals surface area (Å²) in [5, 5.41) is 9.01. The molecule has 29 heavy (non-hydrogen) atoms. The second-order valence-corrected chi connectivity index (χ2v) is 7.04. The third kappa shape index (κ3) is 4.50. The Bertz CT molecular complexity index is 1060. The second kappa shape index (κ2) is 8.94. The van der Waals surface area contributed by atoms with Gasteiger partial charge in [0.25, 0.3) is 0 Å². The molecule has 0 unspecified atom stereocenters. The van der Waals surface area contributed by atoms with E-state index in [4.69, 9.17) is 21.4 Å². The molecule has 0 spiro atoms. The lowest BCUT2D eigenvalue weighted by atomic mass is 10.1. The summed E-state index contributed by atoms with van der Waals surface area (Å²) >= 11 is 6.46. The predicted octanol–water partition coefficient (Wildman–Crippen LogP) is 4.26. The van der Waals surface area contributed by atoms with E-state index in [9.17, 15) is 0 Å². The van der Waals surface area contributed by atoms with Crippen molar-refractivity contribution in [2.24, 2.45) is 0 Å². The number of H-pyrrole nitrogens is 1. The molecule has 0 aliphatic heterocycles. The van der Waals surface area contributed by atoms with Gasteiger partial charge in [-0.05, 0) is 30.3 Å². The Morgan fingerprint density at radius 2 is 1.97 bits per heavy atom. The van der Waals surface area contributed by atoms with Gasteiger partial charge in [-0.3, -0.25) is 0 Å². The summed E-state index contributed by atoms with van der Waals surface area (Å²) in [5.74, 6) is 0.813. The largest absolute Gasteiger partial charge is 0.497 e. The van der Waals surface area contributed by atoms with E-state index in [1.54, 1.807) is 13.4 Å². The van der Waals surface area contributed by atoms with Crippen LogP contribution in [0.2, 0.25) is 5.02 Å². The molecule has 7 heteroatoms. The summed E-state index contributed by atoms with van der Waals surface area (Å²) in [6, 6.07) is 15.6. The monoisotopic (exact) mass is 407 g/mol. The zero-order chi connectivity index (χ0) is 20.1. The first-order valence-electron chi connectivity index (χ1n) is 9.40. The Hall–Kier alpha value is -3.09. The number of aromatic amines is 1. The van der Waals surface area contributed by atoms with Crippen LogP contribution < -0.4 is 10.1 Å². The Kier molecular flexibility index (Phi) is 5.93. The Labute approximate surface area is 174 Å². The van der Waals surface area contributed by atoms with Crippen LogP contribution in [0.4, 0.5) is 0 Å². The number of nitrogens with one attached hydrogen (secondary N) is 2. The molecule has 0 aliphatic rings. The second-order valence-electron chi connectivity index (χ2n) is 6.63. The maximum Gasteiger partial charge on any atom is 0.119 e. The van der Waals surface area contributed by atoms with Crippen LogP contribution in [0.3, 0.4) is 0 Å². The van der Waals surface area contributed by atoms with Crippen LogP contribution in [-0.2, 0) is 13.0 Å². The number of hydrogen-bond donors (Lipinski definition) is 2. The molecule has 2 heterocycles. The molecule has 0 atom stereocenters. The van der Waals surface area contributed by atoms with Crippen molar-refractivity contribution in [1.29, 1.82) is 0 Å². The highest BCUT2D eigenvalue weighted by molar-refractivity contribution is 6.33. The minimum atomic E-state index is 0.685. The molecule has 0 radical (unpaired) electrons. The van der Waals surface area contributed by atoms with E-state index in [1.807, 2.05) is 65.6 Å². The van der Waals surface area contributed by atoms with Crippen LogP contribution in [-0.4, -0.2) is 33.4 Å². The molecule has 6 nitrogen and oxygen atoms in total. The van der Waals surface area contributed by atoms with Crippen LogP contribution in [0.1, 0.15) is 11.3 Å². The van der Waals surface area contributed by atoms with E-state index in [1.165, 1.54) is 0 Å². The zero-order valence-corrected chi connectivity index (χ0v) is 16.9. The first-order chi connectivity index (χ1) is 14.2. The van der Waals surface area contributed by atoms with Gasteiger partial charge in [-0.1, -0.05) is 29.8 Å². The summed E-state index contributed by atoms with van der Waals surface area (Å²) in [5.41, 5.74) is 4.95. The minimum absolute atomic E-state index is 0.685. The lowest BCUT2D eigenvalue weighted by Crippen LogP contribution is -2.17. The molecule has 0 amide bonds. The van der Waals surface area contributed by atoms with Crippen LogP contribution in [0.5, 0.6) is 5.75 Å². The fourth-order valence-corrected chi connectivity index (χ4v) is 3.38. The quantitative estimate of drug-likeness (QED) is 0.428. The van der Waals surface area contributed by atoms with E-state index in [0.717, 1.165) is 46.9 Å². The third-order valence-corrected chi connectivity index (χ3v) is 5.03. The van der Waals surface area contributed by atoms with Crippen molar-refractivity contribution in [1.82, 2.24) is 25.1 Å². The Morgan fingerprint density at radius 1 is 1.14 bits per heavy atom. The van der Waals surface area contributed by atoms with Crippen molar-refractivity contribution in [2.75, 3.05) is 13.7 Å². The lowest BCUT2D eigenvalue weighted by Gasteiger charge is -2.06. The van der Waals surface area contributed by atoms with E-state index >= 15 is 0 Å². The van der Waals surface area contributed by atoms with Gasteiger partial charge in [0, 0.05) is 48.7 Å². The van der Waals surface area contributed by atoms with Crippen molar-refractivity contribution < 1.29 is 4.74 Å². The number of benzene rings is 2. The molecule has 2 aromatic heterocycles. The topological polar surface area (TPSA) is 67.8 Å². The van der Waals surface area contributed by atoms with Crippen LogP contribution in [0.25, 0.3) is 16.9 Å². The van der Waals surface area contributed by atoms with Crippen LogP contribution in [0.15, 0.2) is 67.3 Å². The number of aromatic nitrogens is 4. The highest BCUT2D eigenvalue weighted by atomic mass is 35.5. The van der Waals surface area contributed by atoms with Gasteiger partial charge < -0.3 is 15.0 Å². The molecule has 2 aromatic carbocycles. The maximum atomic E-state index is 6.46. The first kappa shape index (κ1) is 19.2. The summed E-state index contributed by atoms with van der Waals surface area (Å²) in [6.07, 6.45) is 6.47. The van der Waals surface area contributed by atoms with Gasteiger partial charge in [-0.25, -0.2) is 9.67 Å². The molecule has 2 N–H and O–H groups in total. The number of halogens is 1. The zero-order valence-electron chi connectivity index (χ0n) is 16.1.